The van der Waals surface area contributed by atoms with Gasteiger partial charge < -0.3 is 15.7 Å². The van der Waals surface area contributed by atoms with Gasteiger partial charge >= 0.3 is 5.69 Å². The molecule has 76 valence electrons. The monoisotopic (exact) mass is 198 g/mol. The second-order valence-corrected chi connectivity index (χ2v) is 3.12. The maximum Gasteiger partial charge on any atom is 0.332 e. The summed E-state index contributed by atoms with van der Waals surface area (Å²) >= 11 is 0. The Morgan fingerprint density at radius 3 is 2.50 bits per heavy atom. The number of aliphatic hydroxyl groups excluding tert-OH is 1. The number of fused-ring (bicyclic) bond motifs is 1. The molecule has 0 radical (unpaired) electrons. The van der Waals surface area contributed by atoms with Gasteiger partial charge in [-0.3, -0.25) is 13.9 Å². The lowest BCUT2D eigenvalue weighted by atomic mass is 10.4. The minimum atomic E-state index is -1.02. The van der Waals surface area contributed by atoms with E-state index in [-0.39, 0.29) is 5.69 Å². The lowest BCUT2D eigenvalue weighted by Gasteiger charge is -2.06. The molecular formula is C7H10N4O3. The van der Waals surface area contributed by atoms with Crippen molar-refractivity contribution >= 4 is 11.5 Å². The van der Waals surface area contributed by atoms with Gasteiger partial charge in [0.15, 0.2) is 0 Å². The Bertz CT molecular complexity index is 501. The molecule has 1 aromatic rings. The Morgan fingerprint density at radius 1 is 1.21 bits per heavy atom. The number of nitrogens with one attached hydrogen (secondary N) is 2. The zero-order chi connectivity index (χ0) is 10.5. The van der Waals surface area contributed by atoms with Crippen LogP contribution in [0.5, 0.6) is 0 Å². The van der Waals surface area contributed by atoms with Crippen LogP contribution in [0.25, 0.3) is 0 Å². The first kappa shape index (κ1) is 8.82. The van der Waals surface area contributed by atoms with Gasteiger partial charge in [-0.2, -0.15) is 0 Å². The van der Waals surface area contributed by atoms with Crippen molar-refractivity contribution in [1.82, 2.24) is 9.13 Å². The van der Waals surface area contributed by atoms with E-state index in [4.69, 9.17) is 0 Å². The molecular weight excluding hydrogens is 188 g/mol. The van der Waals surface area contributed by atoms with Crippen LogP contribution in [0.1, 0.15) is 0 Å². The summed E-state index contributed by atoms with van der Waals surface area (Å²) in [5, 5.41) is 14.3. The van der Waals surface area contributed by atoms with Crippen LogP contribution in [0.3, 0.4) is 0 Å². The fraction of sp³-hybridized carbons (Fsp3) is 0.429. The smallest absolute Gasteiger partial charge is 0.332 e. The van der Waals surface area contributed by atoms with Crippen LogP contribution in [-0.4, -0.2) is 20.6 Å². The summed E-state index contributed by atoms with van der Waals surface area (Å²) in [5.74, 6) is 0.311. The van der Waals surface area contributed by atoms with Crippen LogP contribution in [0.2, 0.25) is 0 Å². The van der Waals surface area contributed by atoms with Crippen LogP contribution in [0.15, 0.2) is 9.59 Å². The van der Waals surface area contributed by atoms with E-state index in [2.05, 4.69) is 10.6 Å². The van der Waals surface area contributed by atoms with Gasteiger partial charge in [0.1, 0.15) is 11.5 Å². The van der Waals surface area contributed by atoms with E-state index >= 15 is 0 Å². The van der Waals surface area contributed by atoms with Gasteiger partial charge in [0.25, 0.3) is 5.56 Å². The number of hydrogen-bond acceptors (Lipinski definition) is 5. The van der Waals surface area contributed by atoms with Gasteiger partial charge in [0.05, 0.1) is 0 Å². The van der Waals surface area contributed by atoms with E-state index in [1.165, 1.54) is 18.7 Å². The molecule has 1 aromatic heterocycles. The molecule has 0 amide bonds. The Labute approximate surface area is 78.6 Å². The Kier molecular flexibility index (Phi) is 1.65. The highest BCUT2D eigenvalue weighted by molar-refractivity contribution is 5.68. The maximum atomic E-state index is 11.5. The molecule has 3 N–H and O–H groups in total. The molecule has 0 saturated carbocycles. The molecule has 7 nitrogen and oxygen atoms in total. The molecule has 1 unspecified atom stereocenters. The van der Waals surface area contributed by atoms with E-state index < -0.39 is 17.6 Å². The summed E-state index contributed by atoms with van der Waals surface area (Å²) < 4.78 is 2.24. The number of rotatable bonds is 0. The molecule has 1 aliphatic heterocycles. The van der Waals surface area contributed by atoms with Crippen LogP contribution >= 0.6 is 0 Å². The lowest BCUT2D eigenvalue weighted by Crippen LogP contribution is -2.37. The van der Waals surface area contributed by atoms with Crippen molar-refractivity contribution in [2.75, 3.05) is 10.6 Å². The average molecular weight is 198 g/mol. The zero-order valence-corrected chi connectivity index (χ0v) is 7.74. The van der Waals surface area contributed by atoms with Crippen molar-refractivity contribution in [1.29, 1.82) is 0 Å². The molecule has 0 aliphatic carbocycles. The number of nitrogens with zero attached hydrogens (tertiary/aromatic N) is 2. The predicted molar refractivity (Wildman–Crippen MR) is 50.2 cm³/mol. The van der Waals surface area contributed by atoms with Crippen LogP contribution in [0, 0.1) is 0 Å². The zero-order valence-electron chi connectivity index (χ0n) is 7.74. The highest BCUT2D eigenvalue weighted by atomic mass is 16.3. The molecule has 0 spiro atoms. The summed E-state index contributed by atoms with van der Waals surface area (Å²) in [4.78, 5) is 22.9. The average Bonchev–Trinajstić information content (AvgIpc) is 2.54. The number of anilines is 2. The third-order valence-corrected chi connectivity index (χ3v) is 2.22. The highest BCUT2D eigenvalue weighted by Gasteiger charge is 2.24. The van der Waals surface area contributed by atoms with Gasteiger partial charge in [-0.15, -0.1) is 0 Å². The standard InChI is InChI=1S/C7H10N4O3/c1-10-4-3(8-6(13)9-4)5(12)11(2)7(10)14/h6,8-9,13H,1-2H3. The Morgan fingerprint density at radius 2 is 1.86 bits per heavy atom. The van der Waals surface area contributed by atoms with E-state index in [1.807, 2.05) is 0 Å². The van der Waals surface area contributed by atoms with Crippen molar-refractivity contribution in [3.8, 4) is 0 Å². The second kappa shape index (κ2) is 2.61. The number of hydrogen-bond donors (Lipinski definition) is 3. The molecule has 0 fully saturated rings. The molecule has 0 aromatic carbocycles. The third kappa shape index (κ3) is 0.956. The summed E-state index contributed by atoms with van der Waals surface area (Å²) in [5.41, 5.74) is -0.675. The number of aromatic nitrogens is 2. The summed E-state index contributed by atoms with van der Waals surface area (Å²) in [6.07, 6.45) is -1.02. The van der Waals surface area contributed by atoms with E-state index in [0.29, 0.717) is 5.82 Å². The summed E-state index contributed by atoms with van der Waals surface area (Å²) in [7, 11) is 2.91. The molecule has 1 aliphatic rings. The number of aliphatic hydroxyl groups is 1. The fourth-order valence-corrected chi connectivity index (χ4v) is 1.45. The second-order valence-electron chi connectivity index (χ2n) is 3.12. The highest BCUT2D eigenvalue weighted by Crippen LogP contribution is 2.20. The normalized spacial score (nSPS) is 18.6. The van der Waals surface area contributed by atoms with Gasteiger partial charge in [-0.25, -0.2) is 4.79 Å². The van der Waals surface area contributed by atoms with Crippen LogP contribution in [-0.2, 0) is 14.1 Å². The van der Waals surface area contributed by atoms with Crippen molar-refractivity contribution < 1.29 is 5.11 Å². The first-order valence-corrected chi connectivity index (χ1v) is 4.03. The molecule has 7 heteroatoms. The molecule has 0 bridgehead atoms. The molecule has 0 saturated heterocycles. The van der Waals surface area contributed by atoms with Gasteiger partial charge in [-0.05, 0) is 0 Å². The summed E-state index contributed by atoms with van der Waals surface area (Å²) in [6, 6.07) is 0. The third-order valence-electron chi connectivity index (χ3n) is 2.22. The minimum Gasteiger partial charge on any atom is -0.357 e. The van der Waals surface area contributed by atoms with Crippen molar-refractivity contribution in [2.45, 2.75) is 6.35 Å². The van der Waals surface area contributed by atoms with E-state index in [1.54, 1.807) is 0 Å². The molecule has 14 heavy (non-hydrogen) atoms. The minimum absolute atomic E-state index is 0.210. The molecule has 1 atom stereocenters. The SMILES string of the molecule is Cn1c2c(c(=O)n(C)c1=O)NC(O)N2. The first-order valence-electron chi connectivity index (χ1n) is 4.03. The maximum absolute atomic E-state index is 11.5. The Hall–Kier alpha value is -1.76. The van der Waals surface area contributed by atoms with E-state index in [9.17, 15) is 14.7 Å². The fourth-order valence-electron chi connectivity index (χ4n) is 1.45. The van der Waals surface area contributed by atoms with E-state index in [0.717, 1.165) is 4.57 Å². The van der Waals surface area contributed by atoms with Crippen LogP contribution in [0.4, 0.5) is 11.5 Å². The predicted octanol–water partition coefficient (Wildman–Crippen LogP) is -1.80. The van der Waals surface area contributed by atoms with Gasteiger partial charge in [-0.1, -0.05) is 0 Å². The van der Waals surface area contributed by atoms with Crippen LogP contribution < -0.4 is 21.9 Å². The molecule has 2 rings (SSSR count). The van der Waals surface area contributed by atoms with Crippen molar-refractivity contribution in [3.05, 3.63) is 20.8 Å². The largest absolute Gasteiger partial charge is 0.357 e. The topological polar surface area (TPSA) is 88.3 Å². The van der Waals surface area contributed by atoms with Crippen molar-refractivity contribution in [2.24, 2.45) is 14.1 Å². The summed E-state index contributed by atoms with van der Waals surface area (Å²) in [6.45, 7) is 0. The van der Waals surface area contributed by atoms with Crippen molar-refractivity contribution in [3.63, 3.8) is 0 Å². The molecule has 2 heterocycles. The Balaban J connectivity index is 2.84. The van der Waals surface area contributed by atoms with Gasteiger partial charge in [0.2, 0.25) is 6.35 Å². The lowest BCUT2D eigenvalue weighted by molar-refractivity contribution is 0.237. The van der Waals surface area contributed by atoms with Gasteiger partial charge in [0, 0.05) is 14.1 Å². The quantitative estimate of drug-likeness (QED) is 0.457. The first-order chi connectivity index (χ1) is 6.52.